The second-order valence-corrected chi connectivity index (χ2v) is 11.2. The van der Waals surface area contributed by atoms with Crippen molar-refractivity contribution in [3.05, 3.63) is 12.2 Å². The van der Waals surface area contributed by atoms with Gasteiger partial charge in [0.2, 0.25) is 10.4 Å². The van der Waals surface area contributed by atoms with E-state index in [1.54, 1.807) is 0 Å². The fraction of sp³-hybridized carbons (Fsp3) is 0.931. The number of rotatable bonds is 27. The van der Waals surface area contributed by atoms with Crippen molar-refractivity contribution in [1.82, 2.24) is 0 Å². The molecule has 0 bridgehead atoms. The smallest absolute Gasteiger partial charge is 0.726 e. The zero-order valence-corrected chi connectivity index (χ0v) is 26.6. The fourth-order valence-electron chi connectivity index (χ4n) is 4.51. The van der Waals surface area contributed by atoms with Crippen LogP contribution in [0.15, 0.2) is 12.2 Å². The Bertz CT molecular complexity index is 537. The summed E-state index contributed by atoms with van der Waals surface area (Å²) in [4.78, 5) is 0. The Kier molecular flexibility index (Phi) is 31.5. The van der Waals surface area contributed by atoms with Gasteiger partial charge in [0, 0.05) is 5.92 Å². The molecular formula is C29H57NaO4S. The Balaban J connectivity index is 0. The summed E-state index contributed by atoms with van der Waals surface area (Å²) in [7, 11) is -4.61. The molecule has 0 N–H and O–H groups in total. The topological polar surface area (TPSA) is 66.4 Å². The summed E-state index contributed by atoms with van der Waals surface area (Å²) in [5.74, 6) is 0.0191. The Hall–Kier alpha value is 0.610. The first kappa shape index (κ1) is 37.8. The largest absolute Gasteiger partial charge is 1.00 e. The standard InChI is InChI=1S/C29H58O4S.Na/c1-3-5-7-9-11-13-14-15-16-17-19-21-23-25-27-29(28-33-34(30,31)32)26-24-22-20-18-12-10-8-6-4-2;/h25,27,29H,3-24,26,28H2,1-2H3,(H,30,31,32);/q;+1/p-1/b27-25+;. The van der Waals surface area contributed by atoms with Gasteiger partial charge in [-0.15, -0.1) is 0 Å². The van der Waals surface area contributed by atoms with Crippen molar-refractivity contribution in [2.75, 3.05) is 6.61 Å². The molecular weight excluding hydrogens is 467 g/mol. The van der Waals surface area contributed by atoms with Crippen LogP contribution in [0.1, 0.15) is 162 Å². The summed E-state index contributed by atoms with van der Waals surface area (Å²) in [5.41, 5.74) is 0. The van der Waals surface area contributed by atoms with Crippen molar-refractivity contribution >= 4 is 10.4 Å². The van der Waals surface area contributed by atoms with Crippen molar-refractivity contribution in [2.24, 2.45) is 5.92 Å². The van der Waals surface area contributed by atoms with Gasteiger partial charge >= 0.3 is 29.6 Å². The summed E-state index contributed by atoms with van der Waals surface area (Å²) in [5, 5.41) is 0. The normalized spacial score (nSPS) is 12.8. The van der Waals surface area contributed by atoms with Crippen molar-refractivity contribution in [2.45, 2.75) is 162 Å². The molecule has 0 saturated carbocycles. The van der Waals surface area contributed by atoms with Crippen molar-refractivity contribution in [1.29, 1.82) is 0 Å². The van der Waals surface area contributed by atoms with Gasteiger partial charge in [-0.05, 0) is 19.3 Å². The quantitative estimate of drug-likeness (QED) is 0.0397. The maximum absolute atomic E-state index is 10.9. The minimum absolute atomic E-state index is 0. The molecule has 0 saturated heterocycles. The molecule has 0 aliphatic heterocycles. The Labute approximate surface area is 242 Å². The van der Waals surface area contributed by atoms with E-state index in [2.05, 4.69) is 30.2 Å². The molecule has 0 aliphatic carbocycles. The predicted molar refractivity (Wildman–Crippen MR) is 146 cm³/mol. The summed E-state index contributed by atoms with van der Waals surface area (Å²) in [6.45, 7) is 4.49. The van der Waals surface area contributed by atoms with Crippen LogP contribution >= 0.6 is 0 Å². The van der Waals surface area contributed by atoms with Gasteiger partial charge in [0.25, 0.3) is 0 Å². The van der Waals surface area contributed by atoms with Crippen molar-refractivity contribution < 1.29 is 46.7 Å². The molecule has 4 nitrogen and oxygen atoms in total. The average Bonchev–Trinajstić information content (AvgIpc) is 2.80. The molecule has 6 heteroatoms. The van der Waals surface area contributed by atoms with Gasteiger partial charge in [0.15, 0.2) is 0 Å². The first-order valence-corrected chi connectivity index (χ1v) is 16.1. The molecule has 0 aliphatic rings. The molecule has 35 heavy (non-hydrogen) atoms. The first-order chi connectivity index (χ1) is 16.5. The maximum Gasteiger partial charge on any atom is 1.00 e. The molecule has 1 unspecified atom stereocenters. The maximum atomic E-state index is 10.9. The van der Waals surface area contributed by atoms with Crippen LogP contribution in [-0.2, 0) is 14.6 Å². The van der Waals surface area contributed by atoms with E-state index in [-0.39, 0.29) is 42.1 Å². The molecule has 0 aromatic rings. The summed E-state index contributed by atoms with van der Waals surface area (Å²) in [6.07, 6.45) is 33.7. The van der Waals surface area contributed by atoms with Crippen LogP contribution < -0.4 is 29.6 Å². The molecule has 1 atom stereocenters. The summed E-state index contributed by atoms with van der Waals surface area (Å²) >= 11 is 0. The zero-order valence-electron chi connectivity index (χ0n) is 23.7. The van der Waals surface area contributed by atoms with Gasteiger partial charge in [-0.25, -0.2) is 8.42 Å². The van der Waals surface area contributed by atoms with Crippen LogP contribution in [0.4, 0.5) is 0 Å². The van der Waals surface area contributed by atoms with E-state index in [4.69, 9.17) is 0 Å². The minimum atomic E-state index is -4.61. The molecule has 0 rings (SSSR count). The molecule has 0 aromatic heterocycles. The van der Waals surface area contributed by atoms with Crippen molar-refractivity contribution in [3.8, 4) is 0 Å². The number of hydrogen-bond donors (Lipinski definition) is 0. The predicted octanol–water partition coefficient (Wildman–Crippen LogP) is 6.65. The second kappa shape index (κ2) is 29.2. The van der Waals surface area contributed by atoms with E-state index in [0.29, 0.717) is 0 Å². The SMILES string of the molecule is CCCCCCCCCCCCCC/C=C/C(CCCCCCCCCCC)COS(=O)(=O)[O-].[Na+]. The van der Waals surface area contributed by atoms with Crippen LogP contribution in [-0.4, -0.2) is 19.6 Å². The van der Waals surface area contributed by atoms with Gasteiger partial charge in [0.05, 0.1) is 6.61 Å². The van der Waals surface area contributed by atoms with E-state index in [1.165, 1.54) is 128 Å². The van der Waals surface area contributed by atoms with E-state index in [9.17, 15) is 13.0 Å². The van der Waals surface area contributed by atoms with Crippen molar-refractivity contribution in [3.63, 3.8) is 0 Å². The zero-order chi connectivity index (χ0) is 25.2. The molecule has 0 radical (unpaired) electrons. The molecule has 0 amide bonds. The first-order valence-electron chi connectivity index (χ1n) is 14.8. The van der Waals surface area contributed by atoms with Gasteiger partial charge in [-0.2, -0.15) is 0 Å². The van der Waals surface area contributed by atoms with E-state index >= 15 is 0 Å². The van der Waals surface area contributed by atoms with Gasteiger partial charge < -0.3 is 4.55 Å². The Morgan fingerprint density at radius 3 is 1.40 bits per heavy atom. The van der Waals surface area contributed by atoms with Gasteiger partial charge in [0.1, 0.15) is 0 Å². The number of unbranched alkanes of at least 4 members (excludes halogenated alkanes) is 20. The van der Waals surface area contributed by atoms with Crippen LogP contribution in [0, 0.1) is 5.92 Å². The summed E-state index contributed by atoms with van der Waals surface area (Å²) < 4.78 is 37.1. The van der Waals surface area contributed by atoms with E-state index in [0.717, 1.165) is 19.3 Å². The molecule has 0 spiro atoms. The average molecular weight is 525 g/mol. The molecule has 0 fully saturated rings. The van der Waals surface area contributed by atoms with E-state index in [1.807, 2.05) is 0 Å². The Morgan fingerprint density at radius 2 is 1.00 bits per heavy atom. The summed E-state index contributed by atoms with van der Waals surface area (Å²) in [6, 6.07) is 0. The van der Waals surface area contributed by atoms with Gasteiger partial charge in [-0.1, -0.05) is 154 Å². The number of hydrogen-bond acceptors (Lipinski definition) is 4. The fourth-order valence-corrected chi connectivity index (χ4v) is 4.86. The number of allylic oxidation sites excluding steroid dienone is 1. The third-order valence-electron chi connectivity index (χ3n) is 6.74. The third kappa shape index (κ3) is 32.6. The van der Waals surface area contributed by atoms with Crippen LogP contribution in [0.2, 0.25) is 0 Å². The van der Waals surface area contributed by atoms with E-state index < -0.39 is 10.4 Å². The van der Waals surface area contributed by atoms with Gasteiger partial charge in [-0.3, -0.25) is 4.18 Å². The second-order valence-electron chi connectivity index (χ2n) is 10.2. The third-order valence-corrected chi connectivity index (χ3v) is 7.16. The molecule has 204 valence electrons. The molecule has 0 heterocycles. The van der Waals surface area contributed by atoms with Crippen LogP contribution in [0.25, 0.3) is 0 Å². The van der Waals surface area contributed by atoms with Crippen LogP contribution in [0.5, 0.6) is 0 Å². The monoisotopic (exact) mass is 524 g/mol. The minimum Gasteiger partial charge on any atom is -0.726 e. The Morgan fingerprint density at radius 1 is 0.629 bits per heavy atom. The molecule has 0 aromatic carbocycles. The van der Waals surface area contributed by atoms with Crippen LogP contribution in [0.3, 0.4) is 0 Å².